The second-order valence-electron chi connectivity index (χ2n) is 9.31. The van der Waals surface area contributed by atoms with E-state index in [4.69, 9.17) is 12.6 Å². The number of ketones is 1. The van der Waals surface area contributed by atoms with Gasteiger partial charge in [0, 0.05) is 6.42 Å². The summed E-state index contributed by atoms with van der Waals surface area (Å²) in [5, 5.41) is 0. The van der Waals surface area contributed by atoms with Crippen LogP contribution in [0.25, 0.3) is 0 Å². The Hall–Kier alpha value is -1.32. The average molecular weight is 360 g/mol. The van der Waals surface area contributed by atoms with E-state index in [1.165, 1.54) is 11.1 Å². The minimum atomic E-state index is -1.18. The minimum Gasteiger partial charge on any atom is -0.459 e. The van der Waals surface area contributed by atoms with Crippen molar-refractivity contribution in [3.05, 3.63) is 23.3 Å². The SMILES string of the molecule is [B]CCC(=O)C(C)(C)C(=O)OC(C)(C)C/C(C)=C(/C)CC(C)(C)C(=C)C. The van der Waals surface area contributed by atoms with Crippen LogP contribution in [0.2, 0.25) is 6.32 Å². The van der Waals surface area contributed by atoms with Gasteiger partial charge in [0.2, 0.25) is 0 Å². The highest BCUT2D eigenvalue weighted by atomic mass is 16.6. The van der Waals surface area contributed by atoms with Gasteiger partial charge in [-0.15, -0.1) is 0 Å². The Balaban J connectivity index is 5.18. The first-order chi connectivity index (χ1) is 11.6. The molecule has 0 fully saturated rings. The van der Waals surface area contributed by atoms with E-state index in [2.05, 4.69) is 41.2 Å². The molecule has 0 aliphatic heterocycles. The molecule has 26 heavy (non-hydrogen) atoms. The smallest absolute Gasteiger partial charge is 0.319 e. The minimum absolute atomic E-state index is 0.0306. The molecule has 0 aromatic carbocycles. The fourth-order valence-electron chi connectivity index (χ4n) is 2.73. The number of hydrogen-bond donors (Lipinski definition) is 0. The van der Waals surface area contributed by atoms with Crippen molar-refractivity contribution in [3.63, 3.8) is 0 Å². The molecule has 0 aromatic rings. The van der Waals surface area contributed by atoms with Crippen LogP contribution in [0.5, 0.6) is 0 Å². The highest BCUT2D eigenvalue weighted by Gasteiger charge is 2.39. The standard InChI is InChI=1S/C22H37BO3/c1-15(2)20(5,6)13-16(3)17(4)14-21(7,8)26-19(25)22(9,10)18(24)11-12-23/h1,11-14H2,2-10H3/b17-16-. The Labute approximate surface area is 162 Å². The summed E-state index contributed by atoms with van der Waals surface area (Å²) in [5.41, 5.74) is 1.80. The molecule has 0 aliphatic rings. The molecule has 0 unspecified atom stereocenters. The number of Topliss-reactive ketones (excluding diaryl/α,β-unsaturated/α-hetero) is 1. The van der Waals surface area contributed by atoms with Crippen LogP contribution < -0.4 is 0 Å². The molecule has 3 nitrogen and oxygen atoms in total. The third-order valence-electron chi connectivity index (χ3n) is 5.23. The molecule has 0 aliphatic carbocycles. The van der Waals surface area contributed by atoms with Crippen molar-refractivity contribution in [2.75, 3.05) is 0 Å². The van der Waals surface area contributed by atoms with Crippen LogP contribution in [0.1, 0.15) is 81.6 Å². The van der Waals surface area contributed by atoms with Gasteiger partial charge in [-0.25, -0.2) is 0 Å². The fourth-order valence-corrected chi connectivity index (χ4v) is 2.73. The quantitative estimate of drug-likeness (QED) is 0.220. The molecule has 2 radical (unpaired) electrons. The van der Waals surface area contributed by atoms with Gasteiger partial charge in [0.1, 0.15) is 16.8 Å². The monoisotopic (exact) mass is 360 g/mol. The van der Waals surface area contributed by atoms with E-state index in [-0.39, 0.29) is 23.9 Å². The highest BCUT2D eigenvalue weighted by Crippen LogP contribution is 2.35. The van der Waals surface area contributed by atoms with Gasteiger partial charge in [0.05, 0.1) is 7.85 Å². The summed E-state index contributed by atoms with van der Waals surface area (Å²) in [4.78, 5) is 24.7. The first-order valence-corrected chi connectivity index (χ1v) is 9.35. The summed E-state index contributed by atoms with van der Waals surface area (Å²) in [6, 6.07) is 0. The van der Waals surface area contributed by atoms with Gasteiger partial charge in [0.15, 0.2) is 0 Å². The second kappa shape index (κ2) is 9.06. The van der Waals surface area contributed by atoms with Crippen molar-refractivity contribution in [1.29, 1.82) is 0 Å². The highest BCUT2D eigenvalue weighted by molar-refractivity contribution is 6.12. The molecule has 0 saturated heterocycles. The maximum Gasteiger partial charge on any atom is 0.319 e. The summed E-state index contributed by atoms with van der Waals surface area (Å²) in [7, 11) is 5.44. The summed E-state index contributed by atoms with van der Waals surface area (Å²) in [5.74, 6) is -0.680. The van der Waals surface area contributed by atoms with E-state index in [1.54, 1.807) is 13.8 Å². The van der Waals surface area contributed by atoms with Gasteiger partial charge in [-0.2, -0.15) is 0 Å². The lowest BCUT2D eigenvalue weighted by Gasteiger charge is -2.32. The van der Waals surface area contributed by atoms with E-state index in [9.17, 15) is 9.59 Å². The van der Waals surface area contributed by atoms with Crippen LogP contribution in [0.3, 0.4) is 0 Å². The Morgan fingerprint density at radius 1 is 0.923 bits per heavy atom. The zero-order valence-electron chi connectivity index (χ0n) is 18.3. The first kappa shape index (κ1) is 24.7. The van der Waals surface area contributed by atoms with E-state index < -0.39 is 17.0 Å². The molecule has 0 aromatic heterocycles. The Morgan fingerprint density at radius 3 is 1.81 bits per heavy atom. The van der Waals surface area contributed by atoms with Crippen LogP contribution in [0.4, 0.5) is 0 Å². The van der Waals surface area contributed by atoms with Crippen LogP contribution in [0, 0.1) is 10.8 Å². The second-order valence-corrected chi connectivity index (χ2v) is 9.31. The number of allylic oxidation sites excluding steroid dienone is 2. The number of ether oxygens (including phenoxy) is 1. The molecule has 0 heterocycles. The van der Waals surface area contributed by atoms with Crippen LogP contribution >= 0.6 is 0 Å². The van der Waals surface area contributed by atoms with Crippen molar-refractivity contribution in [2.45, 2.75) is 93.5 Å². The molecular formula is C22H37BO3. The van der Waals surface area contributed by atoms with Crippen molar-refractivity contribution in [1.82, 2.24) is 0 Å². The largest absolute Gasteiger partial charge is 0.459 e. The van der Waals surface area contributed by atoms with Gasteiger partial charge in [-0.3, -0.25) is 9.59 Å². The topological polar surface area (TPSA) is 43.4 Å². The van der Waals surface area contributed by atoms with E-state index >= 15 is 0 Å². The molecule has 0 bridgehead atoms. The molecular weight excluding hydrogens is 323 g/mol. The number of esters is 1. The molecule has 0 amide bonds. The fraction of sp³-hybridized carbons (Fsp3) is 0.727. The predicted octanol–water partition coefficient (Wildman–Crippen LogP) is 5.60. The van der Waals surface area contributed by atoms with E-state index in [0.29, 0.717) is 6.42 Å². The molecule has 146 valence electrons. The summed E-state index contributed by atoms with van der Waals surface area (Å²) < 4.78 is 5.72. The van der Waals surface area contributed by atoms with Crippen LogP contribution in [-0.4, -0.2) is 25.2 Å². The molecule has 0 saturated carbocycles. The van der Waals surface area contributed by atoms with Gasteiger partial charge in [-0.05, 0) is 66.7 Å². The maximum absolute atomic E-state index is 12.6. The van der Waals surface area contributed by atoms with Gasteiger partial charge >= 0.3 is 5.97 Å². The summed E-state index contributed by atoms with van der Waals surface area (Å²) in [6.45, 7) is 21.7. The lowest BCUT2D eigenvalue weighted by atomic mass is 9.78. The Morgan fingerprint density at radius 2 is 1.38 bits per heavy atom. The van der Waals surface area contributed by atoms with Crippen LogP contribution in [0.15, 0.2) is 23.3 Å². The zero-order chi connectivity index (χ0) is 20.9. The van der Waals surface area contributed by atoms with Crippen molar-refractivity contribution >= 4 is 19.6 Å². The molecule has 0 atom stereocenters. The van der Waals surface area contributed by atoms with E-state index in [0.717, 1.165) is 12.0 Å². The number of hydrogen-bond acceptors (Lipinski definition) is 3. The first-order valence-electron chi connectivity index (χ1n) is 9.35. The molecule has 4 heteroatoms. The van der Waals surface area contributed by atoms with Gasteiger partial charge < -0.3 is 4.74 Å². The lowest BCUT2D eigenvalue weighted by Crippen LogP contribution is -2.40. The normalized spacial score (nSPS) is 13.9. The van der Waals surface area contributed by atoms with Crippen molar-refractivity contribution < 1.29 is 14.3 Å². The number of carbonyl (C=O) groups is 2. The third kappa shape index (κ3) is 7.13. The lowest BCUT2D eigenvalue weighted by molar-refractivity contribution is -0.169. The van der Waals surface area contributed by atoms with Crippen LogP contribution in [-0.2, 0) is 14.3 Å². The Bertz CT molecular complexity index is 580. The van der Waals surface area contributed by atoms with Crippen molar-refractivity contribution in [3.8, 4) is 0 Å². The predicted molar refractivity (Wildman–Crippen MR) is 110 cm³/mol. The van der Waals surface area contributed by atoms with E-state index in [1.807, 2.05) is 13.8 Å². The van der Waals surface area contributed by atoms with Gasteiger partial charge in [0.25, 0.3) is 0 Å². The number of carbonyl (C=O) groups excluding carboxylic acids is 2. The van der Waals surface area contributed by atoms with Crippen molar-refractivity contribution in [2.24, 2.45) is 10.8 Å². The zero-order valence-corrected chi connectivity index (χ0v) is 18.3. The number of rotatable bonds is 10. The Kier molecular flexibility index (Phi) is 8.60. The summed E-state index contributed by atoms with van der Waals surface area (Å²) >= 11 is 0. The molecule has 0 N–H and O–H groups in total. The molecule has 0 rings (SSSR count). The summed E-state index contributed by atoms with van der Waals surface area (Å²) in [6.07, 6.45) is 1.95. The third-order valence-corrected chi connectivity index (χ3v) is 5.23. The molecule has 0 spiro atoms. The van der Waals surface area contributed by atoms with Gasteiger partial charge in [-0.1, -0.05) is 43.5 Å². The average Bonchev–Trinajstić information content (AvgIpc) is 2.45. The maximum atomic E-state index is 12.6.